The van der Waals surface area contributed by atoms with E-state index in [0.717, 1.165) is 5.69 Å². The van der Waals surface area contributed by atoms with Crippen LogP contribution in [0.3, 0.4) is 0 Å². The topological polar surface area (TPSA) is 80.0 Å². The number of halogens is 1. The Balaban J connectivity index is 2.13. The van der Waals surface area contributed by atoms with Gasteiger partial charge in [-0.2, -0.15) is 5.10 Å². The van der Waals surface area contributed by atoms with Gasteiger partial charge < -0.3 is 14.7 Å². The molecule has 0 aliphatic carbocycles. The molecule has 0 aromatic carbocycles. The van der Waals surface area contributed by atoms with E-state index in [9.17, 15) is 4.79 Å². The summed E-state index contributed by atoms with van der Waals surface area (Å²) in [5.41, 5.74) is 1.21. The van der Waals surface area contributed by atoms with Gasteiger partial charge in [0.15, 0.2) is 16.5 Å². The number of rotatable bonds is 2. The maximum Gasteiger partial charge on any atom is 0.356 e. The van der Waals surface area contributed by atoms with Gasteiger partial charge in [0, 0.05) is 19.2 Å². The third-order valence-electron chi connectivity index (χ3n) is 2.95. The first kappa shape index (κ1) is 12.2. The highest BCUT2D eigenvalue weighted by atomic mass is 35.5. The van der Waals surface area contributed by atoms with E-state index in [1.807, 2.05) is 0 Å². The van der Waals surface area contributed by atoms with Crippen LogP contribution >= 0.6 is 11.6 Å². The zero-order valence-electron chi connectivity index (χ0n) is 9.91. The molecule has 1 aliphatic heterocycles. The standard InChI is InChI=1S/C11H11ClN4O3/c12-9-5-8(15-1-3-19-4-2-15)10-13-7(11(17)18)6-16(10)14-9/h5-6H,1-4H2,(H,17,18). The van der Waals surface area contributed by atoms with Gasteiger partial charge in [-0.15, -0.1) is 0 Å². The normalized spacial score (nSPS) is 15.9. The minimum absolute atomic E-state index is 0.0516. The van der Waals surface area contributed by atoms with Crippen molar-refractivity contribution in [2.24, 2.45) is 0 Å². The molecular weight excluding hydrogens is 272 g/mol. The summed E-state index contributed by atoms with van der Waals surface area (Å²) < 4.78 is 6.69. The molecule has 19 heavy (non-hydrogen) atoms. The van der Waals surface area contributed by atoms with Gasteiger partial charge in [0.1, 0.15) is 0 Å². The van der Waals surface area contributed by atoms with E-state index < -0.39 is 5.97 Å². The average molecular weight is 283 g/mol. The Morgan fingerprint density at radius 3 is 2.84 bits per heavy atom. The lowest BCUT2D eigenvalue weighted by molar-refractivity contribution is 0.0691. The van der Waals surface area contributed by atoms with Crippen molar-refractivity contribution in [2.75, 3.05) is 31.2 Å². The molecule has 3 heterocycles. The number of carboxylic acids is 1. The van der Waals surface area contributed by atoms with Crippen molar-refractivity contribution in [3.63, 3.8) is 0 Å². The molecule has 3 rings (SSSR count). The molecule has 0 radical (unpaired) electrons. The van der Waals surface area contributed by atoms with Crippen molar-refractivity contribution in [3.05, 3.63) is 23.1 Å². The molecule has 7 nitrogen and oxygen atoms in total. The first-order chi connectivity index (χ1) is 9.15. The summed E-state index contributed by atoms with van der Waals surface area (Å²) in [4.78, 5) is 17.1. The fourth-order valence-electron chi connectivity index (χ4n) is 2.07. The molecule has 0 saturated carbocycles. The first-order valence-corrected chi connectivity index (χ1v) is 6.15. The Hall–Kier alpha value is -1.86. The van der Waals surface area contributed by atoms with Crippen LogP contribution < -0.4 is 4.90 Å². The number of hydrogen-bond donors (Lipinski definition) is 1. The van der Waals surface area contributed by atoms with Gasteiger partial charge in [0.25, 0.3) is 0 Å². The fourth-order valence-corrected chi connectivity index (χ4v) is 2.26. The summed E-state index contributed by atoms with van der Waals surface area (Å²) in [6.45, 7) is 2.67. The number of anilines is 1. The number of ether oxygens (including phenoxy) is 1. The molecule has 2 aromatic heterocycles. The molecule has 0 amide bonds. The van der Waals surface area contributed by atoms with Crippen LogP contribution in [0.1, 0.15) is 10.5 Å². The number of carboxylic acid groups (broad SMARTS) is 1. The second-order valence-electron chi connectivity index (χ2n) is 4.15. The Morgan fingerprint density at radius 1 is 1.42 bits per heavy atom. The third-order valence-corrected chi connectivity index (χ3v) is 3.13. The maximum atomic E-state index is 11.0. The number of aromatic carboxylic acids is 1. The predicted octanol–water partition coefficient (Wildman–Crippen LogP) is 0.917. The molecule has 2 aromatic rings. The summed E-state index contributed by atoms with van der Waals surface area (Å²) in [7, 11) is 0. The lowest BCUT2D eigenvalue weighted by Gasteiger charge is -2.28. The Kier molecular flexibility index (Phi) is 3.00. The number of carbonyl (C=O) groups is 1. The number of nitrogens with zero attached hydrogens (tertiary/aromatic N) is 4. The summed E-state index contributed by atoms with van der Waals surface area (Å²) in [5, 5.41) is 13.3. The summed E-state index contributed by atoms with van der Waals surface area (Å²) >= 11 is 5.97. The van der Waals surface area contributed by atoms with E-state index in [1.165, 1.54) is 10.7 Å². The van der Waals surface area contributed by atoms with E-state index in [0.29, 0.717) is 37.1 Å². The van der Waals surface area contributed by atoms with Gasteiger partial charge in [-0.3, -0.25) is 0 Å². The van der Waals surface area contributed by atoms with Crippen molar-refractivity contribution < 1.29 is 14.6 Å². The summed E-state index contributed by atoms with van der Waals surface area (Å²) in [6, 6.07) is 1.70. The van der Waals surface area contributed by atoms with E-state index in [4.69, 9.17) is 21.4 Å². The van der Waals surface area contributed by atoms with Crippen molar-refractivity contribution in [1.29, 1.82) is 0 Å². The van der Waals surface area contributed by atoms with E-state index >= 15 is 0 Å². The van der Waals surface area contributed by atoms with Crippen molar-refractivity contribution in [2.45, 2.75) is 0 Å². The molecule has 1 fully saturated rings. The Morgan fingerprint density at radius 2 is 2.16 bits per heavy atom. The molecule has 0 spiro atoms. The smallest absolute Gasteiger partial charge is 0.356 e. The largest absolute Gasteiger partial charge is 0.476 e. The number of fused-ring (bicyclic) bond motifs is 1. The van der Waals surface area contributed by atoms with Crippen molar-refractivity contribution in [1.82, 2.24) is 14.6 Å². The second kappa shape index (κ2) is 4.67. The fraction of sp³-hybridized carbons (Fsp3) is 0.364. The average Bonchev–Trinajstić information content (AvgIpc) is 2.82. The van der Waals surface area contributed by atoms with Crippen molar-refractivity contribution >= 4 is 28.9 Å². The van der Waals surface area contributed by atoms with Crippen LogP contribution in [-0.4, -0.2) is 52.0 Å². The van der Waals surface area contributed by atoms with Gasteiger partial charge in [-0.25, -0.2) is 14.3 Å². The van der Waals surface area contributed by atoms with Crippen LogP contribution in [0.2, 0.25) is 5.15 Å². The third kappa shape index (κ3) is 2.22. The Bertz CT molecular complexity index is 636. The van der Waals surface area contributed by atoms with Gasteiger partial charge in [-0.05, 0) is 0 Å². The van der Waals surface area contributed by atoms with Crippen LogP contribution in [0.15, 0.2) is 12.3 Å². The summed E-state index contributed by atoms with van der Waals surface area (Å²) in [6.07, 6.45) is 1.35. The second-order valence-corrected chi connectivity index (χ2v) is 4.54. The molecule has 8 heteroatoms. The molecular formula is C11H11ClN4O3. The number of aromatic nitrogens is 3. The predicted molar refractivity (Wildman–Crippen MR) is 68.0 cm³/mol. The zero-order chi connectivity index (χ0) is 13.4. The minimum atomic E-state index is -1.09. The van der Waals surface area contributed by atoms with Gasteiger partial charge in [0.05, 0.1) is 25.1 Å². The highest BCUT2D eigenvalue weighted by Crippen LogP contribution is 2.24. The van der Waals surface area contributed by atoms with E-state index in [1.54, 1.807) is 6.07 Å². The highest BCUT2D eigenvalue weighted by molar-refractivity contribution is 6.29. The maximum absolute atomic E-state index is 11.0. The van der Waals surface area contributed by atoms with Crippen LogP contribution in [0.5, 0.6) is 0 Å². The quantitative estimate of drug-likeness (QED) is 0.882. The van der Waals surface area contributed by atoms with Crippen LogP contribution in [0, 0.1) is 0 Å². The molecule has 0 atom stereocenters. The van der Waals surface area contributed by atoms with Crippen LogP contribution in [-0.2, 0) is 4.74 Å². The van der Waals surface area contributed by atoms with E-state index in [2.05, 4.69) is 15.0 Å². The lowest BCUT2D eigenvalue weighted by atomic mass is 10.3. The molecule has 1 aliphatic rings. The Labute approximate surface area is 113 Å². The monoisotopic (exact) mass is 282 g/mol. The summed E-state index contributed by atoms with van der Waals surface area (Å²) in [5.74, 6) is -1.09. The number of imidazole rings is 1. The molecule has 0 bridgehead atoms. The zero-order valence-corrected chi connectivity index (χ0v) is 10.7. The number of morpholine rings is 1. The van der Waals surface area contributed by atoms with Gasteiger partial charge in [0.2, 0.25) is 0 Å². The van der Waals surface area contributed by atoms with Gasteiger partial charge >= 0.3 is 5.97 Å². The molecule has 100 valence electrons. The molecule has 0 unspecified atom stereocenters. The SMILES string of the molecule is O=C(O)c1cn2nc(Cl)cc(N3CCOCC3)c2n1. The molecule has 1 saturated heterocycles. The van der Waals surface area contributed by atoms with Crippen LogP contribution in [0.4, 0.5) is 5.69 Å². The van der Waals surface area contributed by atoms with Crippen LogP contribution in [0.25, 0.3) is 5.65 Å². The van der Waals surface area contributed by atoms with E-state index in [-0.39, 0.29) is 5.69 Å². The van der Waals surface area contributed by atoms with Gasteiger partial charge in [-0.1, -0.05) is 11.6 Å². The molecule has 1 N–H and O–H groups in total. The first-order valence-electron chi connectivity index (χ1n) is 5.77. The highest BCUT2D eigenvalue weighted by Gasteiger charge is 2.19. The lowest BCUT2D eigenvalue weighted by Crippen LogP contribution is -2.36. The minimum Gasteiger partial charge on any atom is -0.476 e. The number of hydrogen-bond acceptors (Lipinski definition) is 5. The van der Waals surface area contributed by atoms with Crippen molar-refractivity contribution in [3.8, 4) is 0 Å².